The molecule has 178 valence electrons. The Kier molecular flexibility index (Phi) is 10.2. The van der Waals surface area contributed by atoms with Crippen LogP contribution in [0.15, 0.2) is 24.3 Å². The molecular weight excluding hydrogens is 372 g/mol. The van der Waals surface area contributed by atoms with Gasteiger partial charge in [-0.15, -0.1) is 0 Å². The van der Waals surface area contributed by atoms with Gasteiger partial charge in [-0.3, -0.25) is 0 Å². The van der Waals surface area contributed by atoms with Crippen molar-refractivity contribution in [3.63, 3.8) is 0 Å². The van der Waals surface area contributed by atoms with Crippen molar-refractivity contribution in [2.75, 3.05) is 0 Å². The number of rotatable bonds is 10. The minimum Gasteiger partial charge on any atom is -0.0990 e. The minimum atomic E-state index is 0.472. The van der Waals surface area contributed by atoms with Gasteiger partial charge in [-0.05, 0) is 92.8 Å². The average Bonchev–Trinajstić information content (AvgIpc) is 2.83. The Morgan fingerprint density at radius 2 is 1.55 bits per heavy atom. The molecule has 3 saturated carbocycles. The monoisotopic (exact) mass is 426 g/mol. The molecule has 2 unspecified atom stereocenters. The Bertz CT molecular complexity index is 536. The predicted octanol–water partition coefficient (Wildman–Crippen LogP) is 10.3. The van der Waals surface area contributed by atoms with E-state index in [1.807, 2.05) is 0 Å². The van der Waals surface area contributed by atoms with Crippen LogP contribution in [0.4, 0.5) is 0 Å². The van der Waals surface area contributed by atoms with E-state index in [1.165, 1.54) is 116 Å². The van der Waals surface area contributed by atoms with Gasteiger partial charge < -0.3 is 0 Å². The van der Waals surface area contributed by atoms with E-state index in [0.717, 1.165) is 29.6 Å². The molecule has 0 amide bonds. The van der Waals surface area contributed by atoms with Gasteiger partial charge in [0.05, 0.1) is 0 Å². The highest BCUT2D eigenvalue weighted by Crippen LogP contribution is 2.51. The summed E-state index contributed by atoms with van der Waals surface area (Å²) in [5.41, 5.74) is 2.13. The van der Waals surface area contributed by atoms with Crippen molar-refractivity contribution in [1.82, 2.24) is 0 Å². The molecule has 31 heavy (non-hydrogen) atoms. The van der Waals surface area contributed by atoms with E-state index in [9.17, 15) is 0 Å². The first-order valence-electron chi connectivity index (χ1n) is 14.5. The Hall–Kier alpha value is -0.520. The van der Waals surface area contributed by atoms with Gasteiger partial charge in [-0.25, -0.2) is 0 Å². The largest absolute Gasteiger partial charge is 0.0990 e. The quantitative estimate of drug-likeness (QED) is 0.305. The molecule has 0 aromatic carbocycles. The molecule has 0 bridgehead atoms. The molecule has 0 heterocycles. The summed E-state index contributed by atoms with van der Waals surface area (Å²) in [4.78, 5) is 0. The molecule has 3 aliphatic rings. The topological polar surface area (TPSA) is 0 Å². The van der Waals surface area contributed by atoms with Crippen LogP contribution in [0.1, 0.15) is 136 Å². The summed E-state index contributed by atoms with van der Waals surface area (Å²) >= 11 is 0. The lowest BCUT2D eigenvalue weighted by Crippen LogP contribution is -2.33. The second kappa shape index (κ2) is 12.6. The van der Waals surface area contributed by atoms with Gasteiger partial charge in [0.15, 0.2) is 0 Å². The molecule has 0 aromatic rings. The Morgan fingerprint density at radius 1 is 0.871 bits per heavy atom. The smallest absolute Gasteiger partial charge is 0.00904 e. The summed E-state index contributed by atoms with van der Waals surface area (Å²) in [5, 5.41) is 0. The fraction of sp³-hybridized carbons (Fsp3) is 0.871. The molecule has 3 aliphatic carbocycles. The molecule has 2 atom stereocenters. The van der Waals surface area contributed by atoms with Crippen LogP contribution in [0, 0.1) is 35.0 Å². The maximum absolute atomic E-state index is 4.80. The molecule has 0 heteroatoms. The van der Waals surface area contributed by atoms with Crippen LogP contribution in [0.5, 0.6) is 0 Å². The highest BCUT2D eigenvalue weighted by molar-refractivity contribution is 5.19. The van der Waals surface area contributed by atoms with Crippen molar-refractivity contribution >= 4 is 0 Å². The van der Waals surface area contributed by atoms with Gasteiger partial charge in [0.25, 0.3) is 0 Å². The Balaban J connectivity index is 1.47. The van der Waals surface area contributed by atoms with Crippen LogP contribution in [0.2, 0.25) is 0 Å². The van der Waals surface area contributed by atoms with Crippen molar-refractivity contribution < 1.29 is 0 Å². The van der Waals surface area contributed by atoms with E-state index in [0.29, 0.717) is 5.41 Å². The van der Waals surface area contributed by atoms with Crippen LogP contribution in [-0.4, -0.2) is 0 Å². The van der Waals surface area contributed by atoms with Gasteiger partial charge >= 0.3 is 0 Å². The van der Waals surface area contributed by atoms with Crippen molar-refractivity contribution in [1.29, 1.82) is 0 Å². The van der Waals surface area contributed by atoms with Crippen molar-refractivity contribution in [2.45, 2.75) is 136 Å². The third-order valence-corrected chi connectivity index (χ3v) is 10.2. The normalized spacial score (nSPS) is 31.9. The second-order valence-corrected chi connectivity index (χ2v) is 11.6. The van der Waals surface area contributed by atoms with Crippen LogP contribution >= 0.6 is 0 Å². The molecule has 3 rings (SSSR count). The van der Waals surface area contributed by atoms with Crippen molar-refractivity contribution in [3.05, 3.63) is 24.3 Å². The second-order valence-electron chi connectivity index (χ2n) is 11.6. The third-order valence-electron chi connectivity index (χ3n) is 10.2. The van der Waals surface area contributed by atoms with Crippen molar-refractivity contribution in [2.24, 2.45) is 35.0 Å². The summed E-state index contributed by atoms with van der Waals surface area (Å²) in [7, 11) is 0. The first kappa shape index (κ1) is 25.1. The first-order valence-corrected chi connectivity index (χ1v) is 14.5. The summed E-state index contributed by atoms with van der Waals surface area (Å²) in [6.45, 7) is 12.0. The third kappa shape index (κ3) is 6.51. The van der Waals surface area contributed by atoms with Crippen LogP contribution in [0.3, 0.4) is 0 Å². The zero-order valence-corrected chi connectivity index (χ0v) is 21.5. The number of hydrogen-bond acceptors (Lipinski definition) is 0. The van der Waals surface area contributed by atoms with E-state index in [4.69, 9.17) is 6.58 Å². The molecule has 0 aromatic heterocycles. The number of hydrogen-bond donors (Lipinski definition) is 0. The Morgan fingerprint density at radius 3 is 2.19 bits per heavy atom. The lowest BCUT2D eigenvalue weighted by Gasteiger charge is -2.44. The maximum Gasteiger partial charge on any atom is -0.00904 e. The predicted molar refractivity (Wildman–Crippen MR) is 138 cm³/mol. The van der Waals surface area contributed by atoms with Crippen LogP contribution < -0.4 is 0 Å². The van der Waals surface area contributed by atoms with Gasteiger partial charge in [0.1, 0.15) is 0 Å². The fourth-order valence-corrected chi connectivity index (χ4v) is 7.85. The molecule has 0 radical (unpaired) electrons. The van der Waals surface area contributed by atoms with Gasteiger partial charge in [0, 0.05) is 0 Å². The zero-order valence-electron chi connectivity index (χ0n) is 21.5. The summed E-state index contributed by atoms with van der Waals surface area (Å²) in [5.74, 6) is 4.56. The van der Waals surface area contributed by atoms with Crippen LogP contribution in [0.25, 0.3) is 0 Å². The van der Waals surface area contributed by atoms with Crippen LogP contribution in [-0.2, 0) is 0 Å². The average molecular weight is 427 g/mol. The molecule has 0 nitrogen and oxygen atoms in total. The lowest BCUT2D eigenvalue weighted by atomic mass is 9.60. The molecular formula is C31H54. The highest BCUT2D eigenvalue weighted by atomic mass is 14.4. The van der Waals surface area contributed by atoms with Gasteiger partial charge in [0.2, 0.25) is 0 Å². The minimum absolute atomic E-state index is 0.472. The Labute approximate surface area is 195 Å². The molecule has 3 fully saturated rings. The number of allylic oxidation sites excluding steroid dienone is 3. The van der Waals surface area contributed by atoms with E-state index in [-0.39, 0.29) is 0 Å². The molecule has 0 saturated heterocycles. The zero-order chi connectivity index (χ0) is 22.1. The van der Waals surface area contributed by atoms with E-state index in [1.54, 1.807) is 5.57 Å². The maximum atomic E-state index is 4.80. The standard InChI is InChI=1S/C31H54/c1-5-27(6-2)28-21-19-26(20-22-28)15-9-10-16-29-17-11-12-18-30(29)25(4)31(7-3)23-13-8-14-24-31/h10,16,26-30H,4-9,11-15,17-24H2,1-3H3/b16-10+. The van der Waals surface area contributed by atoms with Gasteiger partial charge in [-0.2, -0.15) is 0 Å². The summed E-state index contributed by atoms with van der Waals surface area (Å²) in [6.07, 6.45) is 30.9. The first-order chi connectivity index (χ1) is 15.1. The van der Waals surface area contributed by atoms with Gasteiger partial charge in [-0.1, -0.05) is 103 Å². The summed E-state index contributed by atoms with van der Waals surface area (Å²) < 4.78 is 0. The SMILES string of the molecule is C=C(C1CCCCC1/C=C/CCC1CCC(C(CC)CC)CC1)C1(CC)CCCCC1. The highest BCUT2D eigenvalue weighted by Gasteiger charge is 2.39. The molecule has 0 aliphatic heterocycles. The van der Waals surface area contributed by atoms with E-state index < -0.39 is 0 Å². The molecule has 0 spiro atoms. The van der Waals surface area contributed by atoms with E-state index >= 15 is 0 Å². The fourth-order valence-electron chi connectivity index (χ4n) is 7.85. The van der Waals surface area contributed by atoms with E-state index in [2.05, 4.69) is 32.9 Å². The lowest BCUT2D eigenvalue weighted by molar-refractivity contribution is 0.183. The molecule has 0 N–H and O–H groups in total. The summed E-state index contributed by atoms with van der Waals surface area (Å²) in [6, 6.07) is 0. The van der Waals surface area contributed by atoms with Crippen molar-refractivity contribution in [3.8, 4) is 0 Å².